The van der Waals surface area contributed by atoms with Gasteiger partial charge in [0.1, 0.15) is 11.8 Å². The quantitative estimate of drug-likeness (QED) is 0.915. The fraction of sp³-hybridized carbons (Fsp3) is 0.467. The van der Waals surface area contributed by atoms with Crippen LogP contribution in [0.4, 0.5) is 0 Å². The van der Waals surface area contributed by atoms with Crippen LogP contribution in [0.5, 0.6) is 5.75 Å². The van der Waals surface area contributed by atoms with Crippen LogP contribution in [0.2, 0.25) is 0 Å². The molecule has 0 aromatic heterocycles. The van der Waals surface area contributed by atoms with Gasteiger partial charge in [0.05, 0.1) is 12.2 Å². The predicted octanol–water partition coefficient (Wildman–Crippen LogP) is 2.08. The van der Waals surface area contributed by atoms with Crippen molar-refractivity contribution in [1.29, 1.82) is 0 Å². The third kappa shape index (κ3) is 2.76. The summed E-state index contributed by atoms with van der Waals surface area (Å²) in [4.78, 5) is 25.2. The number of amides is 1. The van der Waals surface area contributed by atoms with Crippen LogP contribution in [-0.2, 0) is 4.79 Å². The molecule has 2 rings (SSSR count). The molecule has 1 amide bonds. The van der Waals surface area contributed by atoms with Crippen molar-refractivity contribution in [1.82, 2.24) is 4.90 Å². The first kappa shape index (κ1) is 14.4. The molecular formula is C15H19NO4. The Bertz CT molecular complexity index is 527. The molecule has 0 spiro atoms. The summed E-state index contributed by atoms with van der Waals surface area (Å²) in [6, 6.07) is 4.67. The maximum Gasteiger partial charge on any atom is 0.326 e. The summed E-state index contributed by atoms with van der Waals surface area (Å²) in [5.41, 5.74) is 1.39. The average Bonchev–Trinajstić information content (AvgIpc) is 2.89. The van der Waals surface area contributed by atoms with Gasteiger partial charge in [0, 0.05) is 6.54 Å². The Morgan fingerprint density at radius 3 is 2.85 bits per heavy atom. The minimum atomic E-state index is -0.943. The highest BCUT2D eigenvalue weighted by molar-refractivity contribution is 5.99. The van der Waals surface area contributed by atoms with Crippen LogP contribution in [0.1, 0.15) is 35.7 Å². The summed E-state index contributed by atoms with van der Waals surface area (Å²) in [6.45, 7) is 4.69. The molecule has 1 aliphatic rings. The number of benzene rings is 1. The van der Waals surface area contributed by atoms with Crippen LogP contribution in [0.15, 0.2) is 18.2 Å². The zero-order valence-corrected chi connectivity index (χ0v) is 11.8. The standard InChI is InChI=1S/C15H19NO4/c1-3-20-13-7-6-10(2)9-11(13)14(17)16-8-4-5-12(16)15(18)19/h6-7,9,12H,3-5,8H2,1-2H3,(H,18,19). The lowest BCUT2D eigenvalue weighted by Gasteiger charge is -2.22. The second kappa shape index (κ2) is 5.94. The lowest BCUT2D eigenvalue weighted by molar-refractivity contribution is -0.141. The van der Waals surface area contributed by atoms with Gasteiger partial charge < -0.3 is 14.7 Å². The van der Waals surface area contributed by atoms with Crippen molar-refractivity contribution in [2.45, 2.75) is 32.7 Å². The van der Waals surface area contributed by atoms with E-state index >= 15 is 0 Å². The first-order valence-electron chi connectivity index (χ1n) is 6.81. The first-order chi connectivity index (χ1) is 9.54. The highest BCUT2D eigenvalue weighted by atomic mass is 16.5. The zero-order valence-electron chi connectivity index (χ0n) is 11.8. The second-order valence-corrected chi connectivity index (χ2v) is 4.93. The van der Waals surface area contributed by atoms with E-state index in [0.29, 0.717) is 30.9 Å². The van der Waals surface area contributed by atoms with Crippen LogP contribution < -0.4 is 4.74 Å². The van der Waals surface area contributed by atoms with Crippen LogP contribution in [0.25, 0.3) is 0 Å². The van der Waals surface area contributed by atoms with Crippen LogP contribution in [0, 0.1) is 6.92 Å². The Hall–Kier alpha value is -2.04. The number of ether oxygens (including phenoxy) is 1. The molecule has 1 aromatic carbocycles. The molecule has 1 aromatic rings. The SMILES string of the molecule is CCOc1ccc(C)cc1C(=O)N1CCCC1C(=O)O. The molecule has 0 radical (unpaired) electrons. The average molecular weight is 277 g/mol. The molecule has 1 unspecified atom stereocenters. The number of carboxylic acids is 1. The predicted molar refractivity (Wildman–Crippen MR) is 74.0 cm³/mol. The van der Waals surface area contributed by atoms with Crippen molar-refractivity contribution >= 4 is 11.9 Å². The summed E-state index contributed by atoms with van der Waals surface area (Å²) in [6.07, 6.45) is 1.23. The number of nitrogens with zero attached hydrogens (tertiary/aromatic N) is 1. The molecule has 108 valence electrons. The van der Waals surface area contributed by atoms with E-state index in [4.69, 9.17) is 4.74 Å². The highest BCUT2D eigenvalue weighted by Gasteiger charge is 2.35. The van der Waals surface area contributed by atoms with E-state index in [1.165, 1.54) is 4.90 Å². The lowest BCUT2D eigenvalue weighted by atomic mass is 10.1. The number of rotatable bonds is 4. The topological polar surface area (TPSA) is 66.8 Å². The molecule has 5 nitrogen and oxygen atoms in total. The van der Waals surface area contributed by atoms with E-state index in [2.05, 4.69) is 0 Å². The number of hydrogen-bond acceptors (Lipinski definition) is 3. The van der Waals surface area contributed by atoms with Gasteiger partial charge in [-0.1, -0.05) is 11.6 Å². The lowest BCUT2D eigenvalue weighted by Crippen LogP contribution is -2.40. The smallest absolute Gasteiger partial charge is 0.326 e. The maximum absolute atomic E-state index is 12.6. The summed E-state index contributed by atoms with van der Waals surface area (Å²) in [5, 5.41) is 9.18. The molecule has 1 N–H and O–H groups in total. The molecule has 0 bridgehead atoms. The fourth-order valence-electron chi connectivity index (χ4n) is 2.51. The van der Waals surface area contributed by atoms with E-state index < -0.39 is 12.0 Å². The number of aliphatic carboxylic acids is 1. The maximum atomic E-state index is 12.6. The van der Waals surface area contributed by atoms with Crippen LogP contribution in [0.3, 0.4) is 0 Å². The fourth-order valence-corrected chi connectivity index (χ4v) is 2.51. The molecule has 1 aliphatic heterocycles. The summed E-state index contributed by atoms with van der Waals surface area (Å²) in [7, 11) is 0. The largest absolute Gasteiger partial charge is 0.493 e. The van der Waals surface area contributed by atoms with Gasteiger partial charge in [-0.25, -0.2) is 4.79 Å². The molecule has 1 saturated heterocycles. The molecule has 0 aliphatic carbocycles. The zero-order chi connectivity index (χ0) is 14.7. The summed E-state index contributed by atoms with van der Waals surface area (Å²) in [5.74, 6) is -0.692. The third-order valence-corrected chi connectivity index (χ3v) is 3.46. The van der Waals surface area contributed by atoms with E-state index in [-0.39, 0.29) is 5.91 Å². The normalized spacial score (nSPS) is 18.1. The Labute approximate surface area is 118 Å². The van der Waals surface area contributed by atoms with Crippen LogP contribution in [-0.4, -0.2) is 41.1 Å². The molecule has 1 atom stereocenters. The monoisotopic (exact) mass is 277 g/mol. The Morgan fingerprint density at radius 2 is 2.20 bits per heavy atom. The number of aryl methyl sites for hydroxylation is 1. The molecule has 0 saturated carbocycles. The summed E-state index contributed by atoms with van der Waals surface area (Å²) >= 11 is 0. The van der Waals surface area contributed by atoms with Gasteiger partial charge in [-0.05, 0) is 38.8 Å². The van der Waals surface area contributed by atoms with Crippen molar-refractivity contribution < 1.29 is 19.4 Å². The minimum absolute atomic E-state index is 0.262. The van der Waals surface area contributed by atoms with E-state index in [1.807, 2.05) is 19.9 Å². The highest BCUT2D eigenvalue weighted by Crippen LogP contribution is 2.26. The molecule has 5 heteroatoms. The molecule has 1 heterocycles. The Morgan fingerprint density at radius 1 is 1.45 bits per heavy atom. The number of carboxylic acid groups (broad SMARTS) is 1. The van der Waals surface area contributed by atoms with Crippen molar-refractivity contribution in [2.24, 2.45) is 0 Å². The molecular weight excluding hydrogens is 258 g/mol. The van der Waals surface area contributed by atoms with Gasteiger partial charge in [0.2, 0.25) is 0 Å². The van der Waals surface area contributed by atoms with E-state index in [1.54, 1.807) is 12.1 Å². The molecule has 1 fully saturated rings. The first-order valence-corrected chi connectivity index (χ1v) is 6.81. The number of carbonyl (C=O) groups excluding carboxylic acids is 1. The van der Waals surface area contributed by atoms with E-state index in [0.717, 1.165) is 12.0 Å². The van der Waals surface area contributed by atoms with Crippen molar-refractivity contribution in [3.8, 4) is 5.75 Å². The third-order valence-electron chi connectivity index (χ3n) is 3.46. The van der Waals surface area contributed by atoms with Gasteiger partial charge in [-0.3, -0.25) is 4.79 Å². The van der Waals surface area contributed by atoms with Crippen molar-refractivity contribution in [2.75, 3.05) is 13.2 Å². The van der Waals surface area contributed by atoms with Gasteiger partial charge in [0.25, 0.3) is 5.91 Å². The summed E-state index contributed by atoms with van der Waals surface area (Å²) < 4.78 is 5.47. The molecule has 20 heavy (non-hydrogen) atoms. The minimum Gasteiger partial charge on any atom is -0.493 e. The number of hydrogen-bond donors (Lipinski definition) is 1. The number of likely N-dealkylation sites (tertiary alicyclic amines) is 1. The Kier molecular flexibility index (Phi) is 4.27. The van der Waals surface area contributed by atoms with Crippen LogP contribution >= 0.6 is 0 Å². The van der Waals surface area contributed by atoms with Crippen molar-refractivity contribution in [3.05, 3.63) is 29.3 Å². The van der Waals surface area contributed by atoms with Gasteiger partial charge >= 0.3 is 5.97 Å². The van der Waals surface area contributed by atoms with E-state index in [9.17, 15) is 14.7 Å². The van der Waals surface area contributed by atoms with Crippen molar-refractivity contribution in [3.63, 3.8) is 0 Å². The van der Waals surface area contributed by atoms with Gasteiger partial charge in [-0.15, -0.1) is 0 Å². The second-order valence-electron chi connectivity index (χ2n) is 4.93. The van der Waals surface area contributed by atoms with Gasteiger partial charge in [0.15, 0.2) is 0 Å². The number of carbonyl (C=O) groups is 2. The van der Waals surface area contributed by atoms with Gasteiger partial charge in [-0.2, -0.15) is 0 Å². The Balaban J connectivity index is 2.32.